The lowest BCUT2D eigenvalue weighted by atomic mass is 9.90. The normalized spacial score (nSPS) is 21.7. The van der Waals surface area contributed by atoms with Crippen molar-refractivity contribution in [1.29, 1.82) is 0 Å². The molecule has 0 radical (unpaired) electrons. The summed E-state index contributed by atoms with van der Waals surface area (Å²) in [6, 6.07) is 0. The van der Waals surface area contributed by atoms with Crippen LogP contribution in [0.1, 0.15) is 57.8 Å². The van der Waals surface area contributed by atoms with Gasteiger partial charge in [-0.2, -0.15) is 10.1 Å². The minimum absolute atomic E-state index is 0.0614. The summed E-state index contributed by atoms with van der Waals surface area (Å²) < 4.78 is 40.5. The predicted molar refractivity (Wildman–Crippen MR) is 145 cm³/mol. The number of anilines is 1. The zero-order chi connectivity index (χ0) is 28.2. The number of aromatic nitrogens is 4. The maximum Gasteiger partial charge on any atom is 0.252 e. The average Bonchev–Trinajstić information content (AvgIpc) is 3.35. The smallest absolute Gasteiger partial charge is 0.252 e. The number of piperidine rings is 1. The molecular formula is C27H43F2N7O3. The molecule has 2 unspecified atom stereocenters. The first-order valence-corrected chi connectivity index (χ1v) is 13.9. The molecule has 0 aliphatic carbocycles. The molecule has 2 fully saturated rings. The molecular weight excluding hydrogens is 508 g/mol. The average molecular weight is 552 g/mol. The summed E-state index contributed by atoms with van der Waals surface area (Å²) in [5.74, 6) is 0.958. The third-order valence-corrected chi connectivity index (χ3v) is 8.21. The van der Waals surface area contributed by atoms with Crippen LogP contribution in [-0.4, -0.2) is 108 Å². The second-order valence-electron chi connectivity index (χ2n) is 11.5. The van der Waals surface area contributed by atoms with Crippen LogP contribution in [0, 0.1) is 5.92 Å². The number of halogens is 2. The van der Waals surface area contributed by atoms with Gasteiger partial charge in [-0.25, -0.2) is 18.3 Å². The summed E-state index contributed by atoms with van der Waals surface area (Å²) in [6.07, 6.45) is 4.08. The summed E-state index contributed by atoms with van der Waals surface area (Å²) in [6.45, 7) is 10.9. The molecule has 12 heteroatoms. The van der Waals surface area contributed by atoms with Gasteiger partial charge < -0.3 is 19.7 Å². The van der Waals surface area contributed by atoms with Crippen molar-refractivity contribution in [2.75, 3.05) is 71.2 Å². The van der Waals surface area contributed by atoms with E-state index in [0.717, 1.165) is 57.1 Å². The molecule has 1 N–H and O–H groups in total. The first kappa shape index (κ1) is 29.5. The Bertz CT molecular complexity index is 1120. The van der Waals surface area contributed by atoms with Crippen LogP contribution in [0.25, 0.3) is 5.78 Å². The predicted octanol–water partition coefficient (Wildman–Crippen LogP) is 2.56. The highest BCUT2D eigenvalue weighted by Crippen LogP contribution is 2.32. The van der Waals surface area contributed by atoms with Gasteiger partial charge in [0.15, 0.2) is 11.5 Å². The van der Waals surface area contributed by atoms with Crippen LogP contribution >= 0.6 is 0 Å². The van der Waals surface area contributed by atoms with Crippen LogP contribution in [0.5, 0.6) is 0 Å². The van der Waals surface area contributed by atoms with Gasteiger partial charge in [0, 0.05) is 64.6 Å². The molecule has 0 spiro atoms. The molecule has 2 aliphatic heterocycles. The Kier molecular flexibility index (Phi) is 9.38. The van der Waals surface area contributed by atoms with E-state index in [4.69, 9.17) is 24.5 Å². The van der Waals surface area contributed by atoms with Gasteiger partial charge in [0.05, 0.1) is 30.7 Å². The van der Waals surface area contributed by atoms with Crippen molar-refractivity contribution in [3.05, 3.63) is 17.6 Å². The number of carbonyl (C=O) groups is 1. The number of fused-ring (bicyclic) bond motifs is 1. The van der Waals surface area contributed by atoms with Gasteiger partial charge in [0.25, 0.3) is 5.78 Å². The van der Waals surface area contributed by atoms with E-state index >= 15 is 0 Å². The Balaban J connectivity index is 1.56. The molecule has 0 bridgehead atoms. The van der Waals surface area contributed by atoms with Gasteiger partial charge in [-0.1, -0.05) is 6.92 Å². The number of ether oxygens (including phenoxy) is 2. The van der Waals surface area contributed by atoms with E-state index in [0.29, 0.717) is 31.0 Å². The first-order valence-electron chi connectivity index (χ1n) is 13.9. The monoisotopic (exact) mass is 551 g/mol. The minimum Gasteiger partial charge on any atom is -0.383 e. The van der Waals surface area contributed by atoms with Gasteiger partial charge in [-0.3, -0.25) is 9.69 Å². The molecule has 218 valence electrons. The molecule has 2 aliphatic rings. The fourth-order valence-electron chi connectivity index (χ4n) is 4.88. The molecule has 2 saturated heterocycles. The van der Waals surface area contributed by atoms with E-state index in [9.17, 15) is 13.6 Å². The van der Waals surface area contributed by atoms with Crippen molar-refractivity contribution >= 4 is 17.5 Å². The quantitative estimate of drug-likeness (QED) is 0.430. The third-order valence-electron chi connectivity index (χ3n) is 8.21. The lowest BCUT2D eigenvalue weighted by Crippen LogP contribution is -2.48. The number of nitrogens with one attached hydrogen (secondary N) is 1. The number of hydrogen-bond donors (Lipinski definition) is 1. The number of imidazole rings is 1. The number of amides is 1. The molecule has 4 heterocycles. The maximum atomic E-state index is 14.6. The standard InChI is InChI=1S/C27H43F2N7O3/c1-19(17-39-26(2,3)27(4,29)18-28)22-16-36-25(31-22)32-23(35-11-9-34(10-12-35)13-14-38-5)21(33-36)15-20-7-6-8-30-24(20)37/h16,19-20H,6-15,17-18H2,1-5H3,(H,30,37)/t19?,20-,27?/m1/s1. The van der Waals surface area contributed by atoms with E-state index < -0.39 is 17.9 Å². The molecule has 2 aromatic rings. The third kappa shape index (κ3) is 6.83. The second kappa shape index (κ2) is 12.4. The van der Waals surface area contributed by atoms with Crippen LogP contribution in [0.2, 0.25) is 0 Å². The molecule has 0 saturated carbocycles. The van der Waals surface area contributed by atoms with Crippen molar-refractivity contribution in [3.8, 4) is 0 Å². The van der Waals surface area contributed by atoms with Crippen LogP contribution in [-0.2, 0) is 20.7 Å². The molecule has 0 aromatic carbocycles. The number of hydrogen-bond acceptors (Lipinski definition) is 8. The van der Waals surface area contributed by atoms with E-state index in [1.54, 1.807) is 25.5 Å². The molecule has 3 atom stereocenters. The first-order chi connectivity index (χ1) is 18.5. The fourth-order valence-corrected chi connectivity index (χ4v) is 4.88. The van der Waals surface area contributed by atoms with Crippen molar-refractivity contribution in [1.82, 2.24) is 29.8 Å². The Morgan fingerprint density at radius 3 is 2.62 bits per heavy atom. The number of nitrogens with zero attached hydrogens (tertiary/aromatic N) is 6. The largest absolute Gasteiger partial charge is 0.383 e. The molecule has 39 heavy (non-hydrogen) atoms. The van der Waals surface area contributed by atoms with E-state index in [-0.39, 0.29) is 24.3 Å². The molecule has 1 amide bonds. The maximum absolute atomic E-state index is 14.6. The highest BCUT2D eigenvalue weighted by molar-refractivity contribution is 5.79. The van der Waals surface area contributed by atoms with Crippen molar-refractivity contribution < 1.29 is 23.0 Å². The van der Waals surface area contributed by atoms with Gasteiger partial charge in [-0.15, -0.1) is 0 Å². The van der Waals surface area contributed by atoms with Crippen molar-refractivity contribution in [2.24, 2.45) is 5.92 Å². The summed E-state index contributed by atoms with van der Waals surface area (Å²) in [7, 11) is 1.71. The number of piperazine rings is 1. The second-order valence-corrected chi connectivity index (χ2v) is 11.5. The summed E-state index contributed by atoms with van der Waals surface area (Å²) >= 11 is 0. The molecule has 2 aromatic heterocycles. The lowest BCUT2D eigenvalue weighted by Gasteiger charge is -2.36. The number of carbonyl (C=O) groups excluding carboxylic acids is 1. The highest BCUT2D eigenvalue weighted by atomic mass is 19.2. The van der Waals surface area contributed by atoms with Crippen LogP contribution in [0.3, 0.4) is 0 Å². The minimum atomic E-state index is -2.10. The molecule has 10 nitrogen and oxygen atoms in total. The van der Waals surface area contributed by atoms with Gasteiger partial charge >= 0.3 is 0 Å². The van der Waals surface area contributed by atoms with Crippen LogP contribution < -0.4 is 10.2 Å². The van der Waals surface area contributed by atoms with Gasteiger partial charge in [0.2, 0.25) is 5.91 Å². The lowest BCUT2D eigenvalue weighted by molar-refractivity contribution is -0.128. The van der Waals surface area contributed by atoms with E-state index in [2.05, 4.69) is 15.1 Å². The Hall–Kier alpha value is -2.44. The van der Waals surface area contributed by atoms with Crippen LogP contribution in [0.4, 0.5) is 14.6 Å². The SMILES string of the molecule is COCCN1CCN(c2nc3nc(C(C)COC(C)(C)C(C)(F)CF)cn3nc2C[C@H]2CCCNC2=O)CC1. The zero-order valence-electron chi connectivity index (χ0n) is 23.9. The zero-order valence-corrected chi connectivity index (χ0v) is 23.9. The fraction of sp³-hybridized carbons (Fsp3) is 0.778. The van der Waals surface area contributed by atoms with Crippen molar-refractivity contribution in [3.63, 3.8) is 0 Å². The van der Waals surface area contributed by atoms with Gasteiger partial charge in [0.1, 0.15) is 12.4 Å². The summed E-state index contributed by atoms with van der Waals surface area (Å²) in [4.78, 5) is 26.8. The number of alkyl halides is 2. The van der Waals surface area contributed by atoms with Crippen molar-refractivity contribution in [2.45, 2.75) is 64.1 Å². The van der Waals surface area contributed by atoms with Gasteiger partial charge in [-0.05, 0) is 33.6 Å². The van der Waals surface area contributed by atoms with E-state index in [1.165, 1.54) is 6.92 Å². The Morgan fingerprint density at radius 1 is 1.21 bits per heavy atom. The molecule has 4 rings (SSSR count). The number of methoxy groups -OCH3 is 1. The number of rotatable bonds is 12. The van der Waals surface area contributed by atoms with E-state index in [1.807, 2.05) is 13.1 Å². The Labute approximate surface area is 229 Å². The topological polar surface area (TPSA) is 97.1 Å². The summed E-state index contributed by atoms with van der Waals surface area (Å²) in [5, 5.41) is 7.87. The Morgan fingerprint density at radius 2 is 1.95 bits per heavy atom. The highest BCUT2D eigenvalue weighted by Gasteiger charge is 2.43. The summed E-state index contributed by atoms with van der Waals surface area (Å²) in [5.41, 5.74) is -1.91. The van der Waals surface area contributed by atoms with Crippen LogP contribution in [0.15, 0.2) is 6.20 Å².